The number of likely N-dealkylation sites (N-methyl/N-ethyl adjacent to an activating group) is 1. The Morgan fingerprint density at radius 2 is 1.89 bits per heavy atom. The number of ether oxygens (including phenoxy) is 1. The van der Waals surface area contributed by atoms with Gasteiger partial charge in [-0.2, -0.15) is 0 Å². The average molecular weight is 286 g/mol. The summed E-state index contributed by atoms with van der Waals surface area (Å²) in [5.41, 5.74) is 0.543. The molecule has 0 bridgehead atoms. The number of benzene rings is 1. The van der Waals surface area contributed by atoms with Gasteiger partial charge in [-0.05, 0) is 24.3 Å². The summed E-state index contributed by atoms with van der Waals surface area (Å²) >= 11 is 0. The van der Waals surface area contributed by atoms with Gasteiger partial charge in [0.15, 0.2) is 9.84 Å². The van der Waals surface area contributed by atoms with Crippen LogP contribution in [0.1, 0.15) is 0 Å². The summed E-state index contributed by atoms with van der Waals surface area (Å²) in [5.74, 6) is 0. The lowest BCUT2D eigenvalue weighted by Crippen LogP contribution is -2.33. The standard InChI is InChI=1S/C12H18N2O4S/c1-14(8-9-18-2)12(15)13-10-4-6-11(7-5-10)19(3,16)17/h4-7H,8-9H2,1-3H3,(H,13,15). The Morgan fingerprint density at radius 3 is 2.37 bits per heavy atom. The molecule has 0 unspecified atom stereocenters. The highest BCUT2D eigenvalue weighted by Crippen LogP contribution is 2.14. The summed E-state index contributed by atoms with van der Waals surface area (Å²) in [6, 6.07) is 5.75. The first-order valence-electron chi connectivity index (χ1n) is 5.66. The van der Waals surface area contributed by atoms with E-state index in [0.29, 0.717) is 18.8 Å². The van der Waals surface area contributed by atoms with E-state index in [1.807, 2.05) is 0 Å². The predicted octanol–water partition coefficient (Wildman–Crippen LogP) is 1.20. The number of nitrogens with one attached hydrogen (secondary N) is 1. The lowest BCUT2D eigenvalue weighted by molar-refractivity contribution is 0.165. The van der Waals surface area contributed by atoms with Gasteiger partial charge in [-0.3, -0.25) is 0 Å². The molecular formula is C12H18N2O4S. The molecule has 0 fully saturated rings. The smallest absolute Gasteiger partial charge is 0.321 e. The molecule has 7 heteroatoms. The van der Waals surface area contributed by atoms with E-state index < -0.39 is 9.84 Å². The third kappa shape index (κ3) is 4.88. The molecule has 0 aliphatic carbocycles. The van der Waals surface area contributed by atoms with E-state index in [9.17, 15) is 13.2 Å². The normalized spacial score (nSPS) is 11.1. The Morgan fingerprint density at radius 1 is 1.32 bits per heavy atom. The van der Waals surface area contributed by atoms with Crippen molar-refractivity contribution >= 4 is 21.6 Å². The second-order valence-electron chi connectivity index (χ2n) is 4.14. The summed E-state index contributed by atoms with van der Waals surface area (Å²) in [6.45, 7) is 0.931. The van der Waals surface area contributed by atoms with E-state index >= 15 is 0 Å². The SMILES string of the molecule is COCCN(C)C(=O)Nc1ccc(S(C)(=O)=O)cc1. The molecule has 0 saturated heterocycles. The average Bonchev–Trinajstić information content (AvgIpc) is 2.35. The number of urea groups is 1. The molecule has 0 saturated carbocycles. The van der Waals surface area contributed by atoms with Gasteiger partial charge in [0, 0.05) is 32.6 Å². The molecule has 1 N–H and O–H groups in total. The fourth-order valence-electron chi connectivity index (χ4n) is 1.33. The maximum atomic E-state index is 11.7. The van der Waals surface area contributed by atoms with Crippen LogP contribution in [0.25, 0.3) is 0 Å². The maximum absolute atomic E-state index is 11.7. The zero-order valence-electron chi connectivity index (χ0n) is 11.2. The molecule has 6 nitrogen and oxygen atoms in total. The van der Waals surface area contributed by atoms with Crippen LogP contribution in [0.3, 0.4) is 0 Å². The second kappa shape index (κ2) is 6.53. The highest BCUT2D eigenvalue weighted by Gasteiger charge is 2.10. The highest BCUT2D eigenvalue weighted by atomic mass is 32.2. The van der Waals surface area contributed by atoms with Crippen molar-refractivity contribution in [2.45, 2.75) is 4.90 Å². The lowest BCUT2D eigenvalue weighted by atomic mass is 10.3. The summed E-state index contributed by atoms with van der Waals surface area (Å²) in [4.78, 5) is 13.4. The van der Waals surface area contributed by atoms with Crippen molar-refractivity contribution in [3.63, 3.8) is 0 Å². The molecule has 2 amide bonds. The third-order valence-electron chi connectivity index (χ3n) is 2.51. The van der Waals surface area contributed by atoms with Crippen LogP contribution >= 0.6 is 0 Å². The summed E-state index contributed by atoms with van der Waals surface area (Å²) in [5, 5.41) is 2.67. The molecule has 0 aliphatic rings. The van der Waals surface area contributed by atoms with Gasteiger partial charge in [-0.15, -0.1) is 0 Å². The van der Waals surface area contributed by atoms with Crippen LogP contribution in [-0.2, 0) is 14.6 Å². The summed E-state index contributed by atoms with van der Waals surface area (Å²) < 4.78 is 27.4. The Bertz CT molecular complexity index is 525. The molecule has 19 heavy (non-hydrogen) atoms. The monoisotopic (exact) mass is 286 g/mol. The topological polar surface area (TPSA) is 75.7 Å². The van der Waals surface area contributed by atoms with Crippen molar-refractivity contribution in [1.82, 2.24) is 4.90 Å². The molecule has 0 spiro atoms. The lowest BCUT2D eigenvalue weighted by Gasteiger charge is -2.17. The van der Waals surface area contributed by atoms with Gasteiger partial charge in [0.1, 0.15) is 0 Å². The number of nitrogens with zero attached hydrogens (tertiary/aromatic N) is 1. The number of rotatable bonds is 5. The Hall–Kier alpha value is -1.60. The predicted molar refractivity (Wildman–Crippen MR) is 73.1 cm³/mol. The van der Waals surface area contributed by atoms with Gasteiger partial charge in [-0.25, -0.2) is 13.2 Å². The summed E-state index contributed by atoms with van der Waals surface area (Å²) in [7, 11) is 0.00110. The van der Waals surface area contributed by atoms with Crippen LogP contribution in [0.15, 0.2) is 29.2 Å². The number of hydrogen-bond acceptors (Lipinski definition) is 4. The van der Waals surface area contributed by atoms with Crippen molar-refractivity contribution in [2.75, 3.05) is 38.9 Å². The minimum absolute atomic E-state index is 0.221. The molecule has 0 aromatic heterocycles. The van der Waals surface area contributed by atoms with Crippen LogP contribution in [0.2, 0.25) is 0 Å². The first-order valence-corrected chi connectivity index (χ1v) is 7.55. The van der Waals surface area contributed by atoms with E-state index in [1.54, 1.807) is 26.3 Å². The van der Waals surface area contributed by atoms with Crippen molar-refractivity contribution < 1.29 is 17.9 Å². The van der Waals surface area contributed by atoms with E-state index in [2.05, 4.69) is 5.32 Å². The number of sulfone groups is 1. The van der Waals surface area contributed by atoms with Crippen LogP contribution in [0, 0.1) is 0 Å². The van der Waals surface area contributed by atoms with Crippen LogP contribution in [0.4, 0.5) is 10.5 Å². The van der Waals surface area contributed by atoms with Crippen molar-refractivity contribution in [1.29, 1.82) is 0 Å². The highest BCUT2D eigenvalue weighted by molar-refractivity contribution is 7.90. The van der Waals surface area contributed by atoms with E-state index in [0.717, 1.165) is 6.26 Å². The minimum Gasteiger partial charge on any atom is -0.383 e. The quantitative estimate of drug-likeness (QED) is 0.882. The third-order valence-corrected chi connectivity index (χ3v) is 3.64. The van der Waals surface area contributed by atoms with Crippen LogP contribution < -0.4 is 5.32 Å². The minimum atomic E-state index is -3.22. The Balaban J connectivity index is 2.65. The van der Waals surface area contributed by atoms with Crippen LogP contribution in [0.5, 0.6) is 0 Å². The second-order valence-corrected chi connectivity index (χ2v) is 6.16. The maximum Gasteiger partial charge on any atom is 0.321 e. The number of amides is 2. The van der Waals surface area contributed by atoms with Crippen molar-refractivity contribution in [3.05, 3.63) is 24.3 Å². The van der Waals surface area contributed by atoms with Crippen LogP contribution in [-0.4, -0.2) is 52.9 Å². The Kier molecular flexibility index (Phi) is 5.31. The Labute approximate surface area is 113 Å². The first kappa shape index (κ1) is 15.5. The van der Waals surface area contributed by atoms with E-state index in [4.69, 9.17) is 4.74 Å². The molecule has 1 aromatic rings. The zero-order chi connectivity index (χ0) is 14.5. The molecule has 0 aliphatic heterocycles. The van der Waals surface area contributed by atoms with Gasteiger partial charge >= 0.3 is 6.03 Å². The van der Waals surface area contributed by atoms with Crippen molar-refractivity contribution in [3.8, 4) is 0 Å². The van der Waals surface area contributed by atoms with E-state index in [1.165, 1.54) is 17.0 Å². The van der Waals surface area contributed by atoms with E-state index in [-0.39, 0.29) is 10.9 Å². The number of carbonyl (C=O) groups excluding carboxylic acids is 1. The molecule has 106 valence electrons. The number of hydrogen-bond donors (Lipinski definition) is 1. The number of anilines is 1. The molecule has 1 rings (SSSR count). The van der Waals surface area contributed by atoms with Gasteiger partial charge in [0.05, 0.1) is 11.5 Å². The van der Waals surface area contributed by atoms with Crippen molar-refractivity contribution in [2.24, 2.45) is 0 Å². The molecule has 1 aromatic carbocycles. The van der Waals surface area contributed by atoms with Gasteiger partial charge in [0.25, 0.3) is 0 Å². The number of carbonyl (C=O) groups is 1. The molecule has 0 heterocycles. The fraction of sp³-hybridized carbons (Fsp3) is 0.417. The molecular weight excluding hydrogens is 268 g/mol. The van der Waals surface area contributed by atoms with Gasteiger partial charge < -0.3 is 15.0 Å². The fourth-order valence-corrected chi connectivity index (χ4v) is 1.96. The largest absolute Gasteiger partial charge is 0.383 e. The first-order chi connectivity index (χ1) is 8.84. The summed E-state index contributed by atoms with van der Waals surface area (Å²) in [6.07, 6.45) is 1.14. The molecule has 0 radical (unpaired) electrons. The molecule has 0 atom stereocenters. The van der Waals surface area contributed by atoms with Gasteiger partial charge in [-0.1, -0.05) is 0 Å². The van der Waals surface area contributed by atoms with Gasteiger partial charge in [0.2, 0.25) is 0 Å². The number of methoxy groups -OCH3 is 1. The zero-order valence-corrected chi connectivity index (χ0v) is 12.0.